The number of hydrogen-bond acceptors (Lipinski definition) is 4. The van der Waals surface area contributed by atoms with Crippen molar-refractivity contribution in [3.05, 3.63) is 54.1 Å². The molecule has 1 heterocycles. The Labute approximate surface area is 197 Å². The quantitative estimate of drug-likeness (QED) is 0.606. The first kappa shape index (κ1) is 24.5. The van der Waals surface area contributed by atoms with E-state index in [1.165, 1.54) is 0 Å². The van der Waals surface area contributed by atoms with Crippen molar-refractivity contribution in [1.82, 2.24) is 4.31 Å². The number of amides is 1. The number of piperidine rings is 1. The van der Waals surface area contributed by atoms with Crippen molar-refractivity contribution in [3.8, 4) is 5.75 Å². The fourth-order valence-electron chi connectivity index (χ4n) is 4.43. The molecule has 2 aromatic rings. The zero-order valence-electron chi connectivity index (χ0n) is 18.6. The molecular formula is C24H27F3N2O4S. The number of nitrogens with one attached hydrogen (secondary N) is 1. The molecule has 1 saturated carbocycles. The Bertz CT molecular complexity index is 1120. The van der Waals surface area contributed by atoms with Crippen LogP contribution < -0.4 is 10.1 Å². The lowest BCUT2D eigenvalue weighted by atomic mass is 9.97. The summed E-state index contributed by atoms with van der Waals surface area (Å²) in [6.07, 6.45) is 0.499. The van der Waals surface area contributed by atoms with Crippen molar-refractivity contribution < 1.29 is 31.1 Å². The summed E-state index contributed by atoms with van der Waals surface area (Å²) < 4.78 is 71.8. The molecule has 0 spiro atoms. The molecule has 1 amide bonds. The van der Waals surface area contributed by atoms with Crippen LogP contribution in [0.1, 0.15) is 44.1 Å². The molecule has 4 rings (SSSR count). The maximum Gasteiger partial charge on any atom is 0.416 e. The molecule has 1 aliphatic heterocycles. The minimum absolute atomic E-state index is 0.0570. The highest BCUT2D eigenvalue weighted by Crippen LogP contribution is 2.32. The molecule has 0 bridgehead atoms. The SMILES string of the molecule is O=C(Nc1cccc(OC2CCCC2)c1)C1CCN(S(=O)(=O)c2cccc(C(F)(F)F)c2)CC1. The summed E-state index contributed by atoms with van der Waals surface area (Å²) >= 11 is 0. The lowest BCUT2D eigenvalue weighted by Crippen LogP contribution is -2.41. The standard InChI is InChI=1S/C24H27F3N2O4S/c25-24(26,27)18-5-3-10-22(15-18)34(31,32)29-13-11-17(12-14-29)23(30)28-19-6-4-9-21(16-19)33-20-7-1-2-8-20/h3-6,9-10,15-17,20H,1-2,7-8,11-14H2,(H,28,30). The van der Waals surface area contributed by atoms with Gasteiger partial charge in [-0.05, 0) is 68.9 Å². The lowest BCUT2D eigenvalue weighted by molar-refractivity contribution is -0.137. The van der Waals surface area contributed by atoms with Gasteiger partial charge in [0.2, 0.25) is 15.9 Å². The summed E-state index contributed by atoms with van der Waals surface area (Å²) in [6, 6.07) is 10.9. The minimum atomic E-state index is -4.63. The number of anilines is 1. The van der Waals surface area contributed by atoms with Crippen molar-refractivity contribution in [2.45, 2.75) is 55.7 Å². The van der Waals surface area contributed by atoms with Crippen molar-refractivity contribution in [2.75, 3.05) is 18.4 Å². The van der Waals surface area contributed by atoms with Crippen LogP contribution in [0.15, 0.2) is 53.4 Å². The summed E-state index contributed by atoms with van der Waals surface area (Å²) in [5, 5.41) is 2.87. The molecule has 0 aromatic heterocycles. The summed E-state index contributed by atoms with van der Waals surface area (Å²) in [5.74, 6) is 0.0909. The van der Waals surface area contributed by atoms with Gasteiger partial charge in [-0.3, -0.25) is 4.79 Å². The summed E-state index contributed by atoms with van der Waals surface area (Å²) in [7, 11) is -4.08. The number of carbonyl (C=O) groups excluding carboxylic acids is 1. The average molecular weight is 497 g/mol. The smallest absolute Gasteiger partial charge is 0.416 e. The van der Waals surface area contributed by atoms with E-state index >= 15 is 0 Å². The number of alkyl halides is 3. The van der Waals surface area contributed by atoms with Crippen molar-refractivity contribution >= 4 is 21.6 Å². The van der Waals surface area contributed by atoms with Gasteiger partial charge in [-0.2, -0.15) is 17.5 Å². The van der Waals surface area contributed by atoms with Gasteiger partial charge in [-0.15, -0.1) is 0 Å². The molecule has 0 unspecified atom stereocenters. The fourth-order valence-corrected chi connectivity index (χ4v) is 5.95. The van der Waals surface area contributed by atoms with Crippen molar-refractivity contribution in [2.24, 2.45) is 5.92 Å². The zero-order valence-corrected chi connectivity index (χ0v) is 19.4. The average Bonchev–Trinajstić information content (AvgIpc) is 3.32. The van der Waals surface area contributed by atoms with E-state index in [1.807, 2.05) is 12.1 Å². The Hall–Kier alpha value is -2.59. The molecule has 10 heteroatoms. The topological polar surface area (TPSA) is 75.7 Å². The molecule has 184 valence electrons. The van der Waals surface area contributed by atoms with E-state index in [0.717, 1.165) is 48.2 Å². The van der Waals surface area contributed by atoms with Gasteiger partial charge >= 0.3 is 6.18 Å². The van der Waals surface area contributed by atoms with Crippen LogP contribution in [-0.2, 0) is 21.0 Å². The summed E-state index contributed by atoms with van der Waals surface area (Å²) in [6.45, 7) is 0.114. The van der Waals surface area contributed by atoms with Crippen molar-refractivity contribution in [1.29, 1.82) is 0 Å². The number of hydrogen-bond donors (Lipinski definition) is 1. The monoisotopic (exact) mass is 496 g/mol. The number of carbonyl (C=O) groups is 1. The summed E-state index contributed by atoms with van der Waals surface area (Å²) in [5.41, 5.74) is -0.401. The number of halogens is 3. The Morgan fingerprint density at radius 2 is 1.65 bits per heavy atom. The third-order valence-electron chi connectivity index (χ3n) is 6.33. The van der Waals surface area contributed by atoms with Gasteiger partial charge in [0.25, 0.3) is 0 Å². The normalized spacial score (nSPS) is 18.7. The Balaban J connectivity index is 1.35. The molecule has 1 N–H and O–H groups in total. The highest BCUT2D eigenvalue weighted by atomic mass is 32.2. The predicted molar refractivity (Wildman–Crippen MR) is 121 cm³/mol. The number of sulfonamides is 1. The number of rotatable bonds is 6. The van der Waals surface area contributed by atoms with Crippen LogP contribution >= 0.6 is 0 Å². The van der Waals surface area contributed by atoms with Gasteiger partial charge in [0.1, 0.15) is 5.75 Å². The first-order valence-electron chi connectivity index (χ1n) is 11.4. The van der Waals surface area contributed by atoms with Gasteiger partial charge in [-0.25, -0.2) is 8.42 Å². The van der Waals surface area contributed by atoms with Gasteiger partial charge < -0.3 is 10.1 Å². The van der Waals surface area contributed by atoms with Crippen LogP contribution in [0.3, 0.4) is 0 Å². The van der Waals surface area contributed by atoms with E-state index < -0.39 is 32.6 Å². The second-order valence-electron chi connectivity index (χ2n) is 8.75. The first-order chi connectivity index (χ1) is 16.1. The molecule has 2 fully saturated rings. The highest BCUT2D eigenvalue weighted by Gasteiger charge is 2.35. The Kier molecular flexibility index (Phi) is 7.18. The molecular weight excluding hydrogens is 469 g/mol. The van der Waals surface area contributed by atoms with Crippen LogP contribution in [0.4, 0.5) is 18.9 Å². The largest absolute Gasteiger partial charge is 0.490 e. The second kappa shape index (κ2) is 9.95. The van der Waals surface area contributed by atoms with E-state index in [2.05, 4.69) is 5.32 Å². The van der Waals surface area contributed by atoms with E-state index in [1.54, 1.807) is 12.1 Å². The number of benzene rings is 2. The molecule has 0 atom stereocenters. The van der Waals surface area contributed by atoms with Gasteiger partial charge in [0.05, 0.1) is 16.6 Å². The van der Waals surface area contributed by atoms with Gasteiger partial charge in [0, 0.05) is 30.8 Å². The Morgan fingerprint density at radius 1 is 0.971 bits per heavy atom. The van der Waals surface area contributed by atoms with E-state index in [0.29, 0.717) is 17.5 Å². The molecule has 0 radical (unpaired) electrons. The summed E-state index contributed by atoms with van der Waals surface area (Å²) in [4.78, 5) is 12.4. The molecule has 6 nitrogen and oxygen atoms in total. The zero-order chi connectivity index (χ0) is 24.3. The Morgan fingerprint density at radius 3 is 2.32 bits per heavy atom. The minimum Gasteiger partial charge on any atom is -0.490 e. The predicted octanol–water partition coefficient (Wildman–Crippen LogP) is 5.07. The molecule has 34 heavy (non-hydrogen) atoms. The molecule has 2 aromatic carbocycles. The highest BCUT2D eigenvalue weighted by molar-refractivity contribution is 7.89. The number of nitrogens with zero attached hydrogens (tertiary/aromatic N) is 1. The molecule has 1 aliphatic carbocycles. The fraction of sp³-hybridized carbons (Fsp3) is 0.458. The van der Waals surface area contributed by atoms with Crippen LogP contribution in [0.2, 0.25) is 0 Å². The van der Waals surface area contributed by atoms with E-state index in [9.17, 15) is 26.4 Å². The third-order valence-corrected chi connectivity index (χ3v) is 8.23. The van der Waals surface area contributed by atoms with E-state index in [-0.39, 0.29) is 37.9 Å². The first-order valence-corrected chi connectivity index (χ1v) is 12.8. The maximum absolute atomic E-state index is 13.0. The van der Waals surface area contributed by atoms with Crippen LogP contribution in [0.5, 0.6) is 5.75 Å². The van der Waals surface area contributed by atoms with Crippen LogP contribution in [-0.4, -0.2) is 37.8 Å². The molecule has 1 saturated heterocycles. The van der Waals surface area contributed by atoms with E-state index in [4.69, 9.17) is 4.74 Å². The van der Waals surface area contributed by atoms with Crippen LogP contribution in [0.25, 0.3) is 0 Å². The van der Waals surface area contributed by atoms with Crippen LogP contribution in [0, 0.1) is 5.92 Å². The van der Waals surface area contributed by atoms with Gasteiger partial charge in [-0.1, -0.05) is 12.1 Å². The van der Waals surface area contributed by atoms with Crippen molar-refractivity contribution in [3.63, 3.8) is 0 Å². The maximum atomic E-state index is 13.0. The lowest BCUT2D eigenvalue weighted by Gasteiger charge is -2.30. The molecule has 2 aliphatic rings. The van der Waals surface area contributed by atoms with Gasteiger partial charge in [0.15, 0.2) is 0 Å². The second-order valence-corrected chi connectivity index (χ2v) is 10.7. The number of ether oxygens (including phenoxy) is 1. The third kappa shape index (κ3) is 5.72.